The molecule has 0 spiro atoms. The first kappa shape index (κ1) is 19.0. The van der Waals surface area contributed by atoms with Crippen molar-refractivity contribution in [3.8, 4) is 5.75 Å². The standard InChI is InChI=1S/C22H26N2O3/c1-14(2)27-20-8-6-5-7-19(20)23-22(26)17-12-21(25)24(13-17)18-10-9-15(3)16(4)11-18/h5-11,14,17H,12-13H2,1-4H3,(H,23,26). The Morgan fingerprint density at radius 2 is 1.89 bits per heavy atom. The molecule has 0 bridgehead atoms. The van der Waals surface area contributed by atoms with Crippen molar-refractivity contribution in [3.63, 3.8) is 0 Å². The molecular formula is C22H26N2O3. The first-order chi connectivity index (χ1) is 12.8. The van der Waals surface area contributed by atoms with Crippen LogP contribution in [0.15, 0.2) is 42.5 Å². The van der Waals surface area contributed by atoms with Crippen LogP contribution in [0.5, 0.6) is 5.75 Å². The molecular weight excluding hydrogens is 340 g/mol. The van der Waals surface area contributed by atoms with Crippen molar-refractivity contribution >= 4 is 23.2 Å². The second kappa shape index (κ2) is 7.82. The molecule has 2 aromatic rings. The van der Waals surface area contributed by atoms with Gasteiger partial charge in [-0.25, -0.2) is 0 Å². The Balaban J connectivity index is 1.72. The Morgan fingerprint density at radius 3 is 2.59 bits per heavy atom. The minimum atomic E-state index is -0.383. The van der Waals surface area contributed by atoms with Gasteiger partial charge in [0.1, 0.15) is 5.75 Å². The van der Waals surface area contributed by atoms with Gasteiger partial charge >= 0.3 is 0 Å². The number of carbonyl (C=O) groups excluding carboxylic acids is 2. The number of para-hydroxylation sites is 2. The topological polar surface area (TPSA) is 58.6 Å². The van der Waals surface area contributed by atoms with E-state index < -0.39 is 0 Å². The third kappa shape index (κ3) is 4.30. The van der Waals surface area contributed by atoms with Gasteiger partial charge in [-0.2, -0.15) is 0 Å². The van der Waals surface area contributed by atoms with Gasteiger partial charge < -0.3 is 15.0 Å². The van der Waals surface area contributed by atoms with E-state index in [1.807, 2.05) is 70.2 Å². The van der Waals surface area contributed by atoms with Crippen LogP contribution in [0.1, 0.15) is 31.4 Å². The molecule has 0 radical (unpaired) electrons. The van der Waals surface area contributed by atoms with E-state index in [1.165, 1.54) is 5.56 Å². The van der Waals surface area contributed by atoms with Crippen molar-refractivity contribution in [2.45, 2.75) is 40.2 Å². The minimum absolute atomic E-state index is 0.0105. The summed E-state index contributed by atoms with van der Waals surface area (Å²) in [5, 5.41) is 2.93. The summed E-state index contributed by atoms with van der Waals surface area (Å²) in [6.07, 6.45) is 0.225. The molecule has 1 aliphatic heterocycles. The van der Waals surface area contributed by atoms with Crippen LogP contribution < -0.4 is 15.0 Å². The van der Waals surface area contributed by atoms with Gasteiger partial charge in [0.05, 0.1) is 17.7 Å². The number of carbonyl (C=O) groups is 2. The molecule has 0 aliphatic carbocycles. The number of anilines is 2. The molecule has 1 heterocycles. The maximum Gasteiger partial charge on any atom is 0.229 e. The van der Waals surface area contributed by atoms with Crippen molar-refractivity contribution in [3.05, 3.63) is 53.6 Å². The van der Waals surface area contributed by atoms with Crippen LogP contribution >= 0.6 is 0 Å². The Labute approximate surface area is 160 Å². The summed E-state index contributed by atoms with van der Waals surface area (Å²) >= 11 is 0. The summed E-state index contributed by atoms with van der Waals surface area (Å²) in [4.78, 5) is 26.9. The van der Waals surface area contributed by atoms with Gasteiger partial charge in [-0.3, -0.25) is 9.59 Å². The Hall–Kier alpha value is -2.82. The van der Waals surface area contributed by atoms with Gasteiger partial charge in [0.25, 0.3) is 0 Å². The van der Waals surface area contributed by atoms with Gasteiger partial charge in [-0.15, -0.1) is 0 Å². The van der Waals surface area contributed by atoms with E-state index in [2.05, 4.69) is 5.32 Å². The molecule has 1 N–H and O–H groups in total. The van der Waals surface area contributed by atoms with Crippen molar-refractivity contribution in [2.75, 3.05) is 16.8 Å². The van der Waals surface area contributed by atoms with E-state index in [-0.39, 0.29) is 30.3 Å². The lowest BCUT2D eigenvalue weighted by Crippen LogP contribution is -2.28. The van der Waals surface area contributed by atoms with E-state index in [0.717, 1.165) is 11.3 Å². The number of hydrogen-bond donors (Lipinski definition) is 1. The number of nitrogens with one attached hydrogen (secondary N) is 1. The van der Waals surface area contributed by atoms with Gasteiger partial charge in [0.2, 0.25) is 11.8 Å². The van der Waals surface area contributed by atoms with E-state index >= 15 is 0 Å². The van der Waals surface area contributed by atoms with Crippen molar-refractivity contribution in [1.29, 1.82) is 0 Å². The Bertz CT molecular complexity index is 860. The molecule has 0 aromatic heterocycles. The molecule has 1 fully saturated rings. The summed E-state index contributed by atoms with van der Waals surface area (Å²) in [5.41, 5.74) is 3.80. The molecule has 1 unspecified atom stereocenters. The minimum Gasteiger partial charge on any atom is -0.489 e. The predicted molar refractivity (Wildman–Crippen MR) is 107 cm³/mol. The number of hydrogen-bond acceptors (Lipinski definition) is 3. The number of nitrogens with zero attached hydrogens (tertiary/aromatic N) is 1. The summed E-state index contributed by atoms with van der Waals surface area (Å²) in [5.74, 6) is 0.0713. The van der Waals surface area contributed by atoms with Crippen molar-refractivity contribution in [1.82, 2.24) is 0 Å². The number of amides is 2. The monoisotopic (exact) mass is 366 g/mol. The average Bonchev–Trinajstić information content (AvgIpc) is 3.00. The van der Waals surface area contributed by atoms with E-state index in [4.69, 9.17) is 4.74 Å². The highest BCUT2D eigenvalue weighted by molar-refractivity contribution is 6.04. The summed E-state index contributed by atoms with van der Waals surface area (Å²) in [7, 11) is 0. The zero-order chi connectivity index (χ0) is 19.6. The second-order valence-electron chi connectivity index (χ2n) is 7.33. The summed E-state index contributed by atoms with van der Waals surface area (Å²) < 4.78 is 5.75. The third-order valence-corrected chi connectivity index (χ3v) is 4.81. The average molecular weight is 366 g/mol. The van der Waals surface area contributed by atoms with Crippen molar-refractivity contribution < 1.29 is 14.3 Å². The molecule has 2 amide bonds. The molecule has 1 aliphatic rings. The van der Waals surface area contributed by atoms with Crippen LogP contribution in [0.3, 0.4) is 0 Å². The first-order valence-corrected chi connectivity index (χ1v) is 9.29. The molecule has 5 heteroatoms. The molecule has 27 heavy (non-hydrogen) atoms. The fourth-order valence-corrected chi connectivity index (χ4v) is 3.19. The fourth-order valence-electron chi connectivity index (χ4n) is 3.19. The van der Waals surface area contributed by atoms with Crippen LogP contribution in [-0.2, 0) is 9.59 Å². The van der Waals surface area contributed by atoms with Crippen molar-refractivity contribution in [2.24, 2.45) is 5.92 Å². The molecule has 3 rings (SSSR count). The van der Waals surface area contributed by atoms with Gasteiger partial charge in [0, 0.05) is 18.7 Å². The zero-order valence-corrected chi connectivity index (χ0v) is 16.3. The lowest BCUT2D eigenvalue weighted by molar-refractivity contribution is -0.122. The maximum absolute atomic E-state index is 12.8. The lowest BCUT2D eigenvalue weighted by Gasteiger charge is -2.19. The number of ether oxygens (including phenoxy) is 1. The lowest BCUT2D eigenvalue weighted by atomic mass is 10.1. The third-order valence-electron chi connectivity index (χ3n) is 4.81. The predicted octanol–water partition coefficient (Wildman–Crippen LogP) is 4.08. The molecule has 142 valence electrons. The van der Waals surface area contributed by atoms with Crippen LogP contribution in [0, 0.1) is 19.8 Å². The SMILES string of the molecule is Cc1ccc(N2CC(C(=O)Nc3ccccc3OC(C)C)CC2=O)cc1C. The van der Waals surface area contributed by atoms with Crippen LogP contribution in [-0.4, -0.2) is 24.5 Å². The molecule has 1 atom stereocenters. The van der Waals surface area contributed by atoms with Crippen LogP contribution in [0.25, 0.3) is 0 Å². The number of aryl methyl sites for hydroxylation is 2. The largest absolute Gasteiger partial charge is 0.489 e. The highest BCUT2D eigenvalue weighted by atomic mass is 16.5. The quantitative estimate of drug-likeness (QED) is 0.867. The maximum atomic E-state index is 12.8. The van der Waals surface area contributed by atoms with Crippen LogP contribution in [0.2, 0.25) is 0 Å². The normalized spacial score (nSPS) is 16.7. The van der Waals surface area contributed by atoms with E-state index in [9.17, 15) is 9.59 Å². The highest BCUT2D eigenvalue weighted by Gasteiger charge is 2.35. The number of benzene rings is 2. The first-order valence-electron chi connectivity index (χ1n) is 9.29. The molecule has 1 saturated heterocycles. The molecule has 5 nitrogen and oxygen atoms in total. The number of rotatable bonds is 5. The van der Waals surface area contributed by atoms with Gasteiger partial charge in [-0.05, 0) is 63.1 Å². The molecule has 2 aromatic carbocycles. The fraction of sp³-hybridized carbons (Fsp3) is 0.364. The summed E-state index contributed by atoms with van der Waals surface area (Å²) in [6.45, 7) is 8.33. The zero-order valence-electron chi connectivity index (χ0n) is 16.3. The second-order valence-corrected chi connectivity index (χ2v) is 7.33. The van der Waals surface area contributed by atoms with E-state index in [1.54, 1.807) is 4.90 Å². The molecule has 0 saturated carbocycles. The smallest absolute Gasteiger partial charge is 0.229 e. The highest BCUT2D eigenvalue weighted by Crippen LogP contribution is 2.29. The Kier molecular flexibility index (Phi) is 5.49. The van der Waals surface area contributed by atoms with Gasteiger partial charge in [0.15, 0.2) is 0 Å². The van der Waals surface area contributed by atoms with Gasteiger partial charge in [-0.1, -0.05) is 18.2 Å². The van der Waals surface area contributed by atoms with Crippen LogP contribution in [0.4, 0.5) is 11.4 Å². The Morgan fingerprint density at radius 1 is 1.15 bits per heavy atom. The van der Waals surface area contributed by atoms with E-state index in [0.29, 0.717) is 18.0 Å². The summed E-state index contributed by atoms with van der Waals surface area (Å²) in [6, 6.07) is 13.3.